The molecule has 1 saturated carbocycles. The maximum Gasteiger partial charge on any atom is 0.194 e. The topological polar surface area (TPSA) is 26.3 Å². The van der Waals surface area contributed by atoms with E-state index in [1.54, 1.807) is 7.11 Å². The molecule has 1 aromatic rings. The van der Waals surface area contributed by atoms with Gasteiger partial charge in [-0.25, -0.2) is 0 Å². The Labute approximate surface area is 103 Å². The van der Waals surface area contributed by atoms with Crippen LogP contribution in [0.15, 0.2) is 24.3 Å². The third-order valence-electron chi connectivity index (χ3n) is 3.69. The van der Waals surface area contributed by atoms with Gasteiger partial charge in [-0.3, -0.25) is 4.79 Å². The van der Waals surface area contributed by atoms with Crippen LogP contribution in [0, 0.1) is 0 Å². The first-order valence-electron chi connectivity index (χ1n) is 6.41. The lowest BCUT2D eigenvalue weighted by atomic mass is 9.74. The van der Waals surface area contributed by atoms with Crippen LogP contribution in [0.3, 0.4) is 0 Å². The third kappa shape index (κ3) is 2.27. The minimum Gasteiger partial charge on any atom is -0.370 e. The highest BCUT2D eigenvalue weighted by molar-refractivity contribution is 6.03. The molecule has 1 aromatic carbocycles. The van der Waals surface area contributed by atoms with E-state index in [1.165, 1.54) is 5.56 Å². The zero-order chi connectivity index (χ0) is 12.3. The van der Waals surface area contributed by atoms with Crippen molar-refractivity contribution in [3.8, 4) is 0 Å². The van der Waals surface area contributed by atoms with Gasteiger partial charge >= 0.3 is 0 Å². The van der Waals surface area contributed by atoms with Crippen molar-refractivity contribution in [2.45, 2.75) is 44.6 Å². The lowest BCUT2D eigenvalue weighted by Gasteiger charge is -2.38. The van der Waals surface area contributed by atoms with Gasteiger partial charge in [0.15, 0.2) is 5.78 Å². The number of carbonyl (C=O) groups is 1. The molecule has 0 spiro atoms. The number of hydrogen-bond acceptors (Lipinski definition) is 2. The molecule has 92 valence electrons. The highest BCUT2D eigenvalue weighted by Gasteiger charge is 2.44. The van der Waals surface area contributed by atoms with E-state index in [0.717, 1.165) is 37.7 Å². The van der Waals surface area contributed by atoms with Crippen LogP contribution in [-0.4, -0.2) is 18.5 Å². The predicted octanol–water partition coefficient (Wildman–Crippen LogP) is 3.39. The summed E-state index contributed by atoms with van der Waals surface area (Å²) in [6.45, 7) is 2.15. The summed E-state index contributed by atoms with van der Waals surface area (Å²) in [6, 6.07) is 7.98. The Hall–Kier alpha value is -1.15. The Balaban J connectivity index is 2.21. The molecule has 0 unspecified atom stereocenters. The molecule has 1 fully saturated rings. The fraction of sp³-hybridized carbons (Fsp3) is 0.533. The number of methoxy groups -OCH3 is 1. The highest BCUT2D eigenvalue weighted by atomic mass is 16.5. The lowest BCUT2D eigenvalue weighted by molar-refractivity contribution is -0.0448. The zero-order valence-electron chi connectivity index (χ0n) is 10.7. The van der Waals surface area contributed by atoms with E-state index in [9.17, 15) is 4.79 Å². The number of aryl methyl sites for hydroxylation is 1. The van der Waals surface area contributed by atoms with Gasteiger partial charge in [0.1, 0.15) is 5.60 Å². The fourth-order valence-electron chi connectivity index (χ4n) is 2.44. The van der Waals surface area contributed by atoms with Crippen LogP contribution in [0.25, 0.3) is 0 Å². The smallest absolute Gasteiger partial charge is 0.194 e. The Kier molecular flexibility index (Phi) is 3.63. The Morgan fingerprint density at radius 3 is 2.71 bits per heavy atom. The minimum absolute atomic E-state index is 0.157. The average Bonchev–Trinajstić information content (AvgIpc) is 2.29. The first-order chi connectivity index (χ1) is 8.22. The highest BCUT2D eigenvalue weighted by Crippen LogP contribution is 2.38. The van der Waals surface area contributed by atoms with E-state index >= 15 is 0 Å². The van der Waals surface area contributed by atoms with Crippen molar-refractivity contribution >= 4 is 5.78 Å². The Morgan fingerprint density at radius 1 is 1.41 bits per heavy atom. The molecule has 0 amide bonds. The van der Waals surface area contributed by atoms with Crippen LogP contribution in [0.1, 0.15) is 48.5 Å². The molecule has 1 aliphatic carbocycles. The van der Waals surface area contributed by atoms with Crippen LogP contribution >= 0.6 is 0 Å². The van der Waals surface area contributed by atoms with Crippen LogP contribution < -0.4 is 0 Å². The number of ketones is 1. The van der Waals surface area contributed by atoms with Crippen LogP contribution in [0.4, 0.5) is 0 Å². The second-order valence-corrected chi connectivity index (χ2v) is 4.83. The number of ether oxygens (including phenoxy) is 1. The van der Waals surface area contributed by atoms with Crippen molar-refractivity contribution in [3.05, 3.63) is 35.4 Å². The van der Waals surface area contributed by atoms with Gasteiger partial charge in [0, 0.05) is 12.7 Å². The minimum atomic E-state index is -0.523. The van der Waals surface area contributed by atoms with Crippen molar-refractivity contribution in [1.82, 2.24) is 0 Å². The summed E-state index contributed by atoms with van der Waals surface area (Å²) in [6.07, 6.45) is 4.95. The summed E-state index contributed by atoms with van der Waals surface area (Å²) in [5.74, 6) is 0.157. The lowest BCUT2D eigenvalue weighted by Crippen LogP contribution is -2.47. The molecule has 0 bridgehead atoms. The summed E-state index contributed by atoms with van der Waals surface area (Å²) >= 11 is 0. The van der Waals surface area contributed by atoms with Crippen molar-refractivity contribution in [3.63, 3.8) is 0 Å². The quantitative estimate of drug-likeness (QED) is 0.727. The molecule has 0 heterocycles. The van der Waals surface area contributed by atoms with E-state index in [2.05, 4.69) is 13.0 Å². The van der Waals surface area contributed by atoms with Crippen molar-refractivity contribution < 1.29 is 9.53 Å². The van der Waals surface area contributed by atoms with Gasteiger partial charge in [-0.15, -0.1) is 0 Å². The van der Waals surface area contributed by atoms with Gasteiger partial charge < -0.3 is 4.74 Å². The second kappa shape index (κ2) is 5.01. The molecule has 17 heavy (non-hydrogen) atoms. The average molecular weight is 232 g/mol. The molecule has 2 nitrogen and oxygen atoms in total. The van der Waals surface area contributed by atoms with Crippen LogP contribution in [-0.2, 0) is 11.2 Å². The summed E-state index contributed by atoms with van der Waals surface area (Å²) in [5.41, 5.74) is 1.52. The molecule has 1 aliphatic rings. The number of benzene rings is 1. The standard InChI is InChI=1S/C15H20O2/c1-3-6-12-7-4-8-13(11-12)14(16)15(17-2)9-5-10-15/h4,7-8,11H,3,5-6,9-10H2,1-2H3. The molecule has 2 rings (SSSR count). The van der Waals surface area contributed by atoms with E-state index < -0.39 is 5.60 Å². The normalized spacial score (nSPS) is 17.5. The fourth-order valence-corrected chi connectivity index (χ4v) is 2.44. The summed E-state index contributed by atoms with van der Waals surface area (Å²) in [7, 11) is 1.65. The molecule has 0 saturated heterocycles. The van der Waals surface area contributed by atoms with E-state index in [4.69, 9.17) is 4.74 Å². The van der Waals surface area contributed by atoms with E-state index in [0.29, 0.717) is 0 Å². The third-order valence-corrected chi connectivity index (χ3v) is 3.69. The monoisotopic (exact) mass is 232 g/mol. The number of rotatable bonds is 5. The Morgan fingerprint density at radius 2 is 2.18 bits per heavy atom. The zero-order valence-corrected chi connectivity index (χ0v) is 10.7. The van der Waals surface area contributed by atoms with Gasteiger partial charge in [0.25, 0.3) is 0 Å². The first-order valence-corrected chi connectivity index (χ1v) is 6.41. The van der Waals surface area contributed by atoms with E-state index in [-0.39, 0.29) is 5.78 Å². The second-order valence-electron chi connectivity index (χ2n) is 4.83. The van der Waals surface area contributed by atoms with Crippen molar-refractivity contribution in [2.75, 3.05) is 7.11 Å². The maximum absolute atomic E-state index is 12.4. The molecule has 0 aliphatic heterocycles. The molecule has 0 aromatic heterocycles. The number of hydrogen-bond donors (Lipinski definition) is 0. The maximum atomic E-state index is 12.4. The van der Waals surface area contributed by atoms with Crippen LogP contribution in [0.5, 0.6) is 0 Å². The molecular weight excluding hydrogens is 212 g/mol. The first kappa shape index (κ1) is 12.3. The summed E-state index contributed by atoms with van der Waals surface area (Å²) < 4.78 is 5.44. The summed E-state index contributed by atoms with van der Waals surface area (Å²) in [4.78, 5) is 12.4. The van der Waals surface area contributed by atoms with E-state index in [1.807, 2.05) is 18.2 Å². The van der Waals surface area contributed by atoms with Gasteiger partial charge in [-0.05, 0) is 37.3 Å². The SMILES string of the molecule is CCCc1cccc(C(=O)C2(OC)CCC2)c1. The van der Waals surface area contributed by atoms with Crippen molar-refractivity contribution in [1.29, 1.82) is 0 Å². The predicted molar refractivity (Wildman–Crippen MR) is 68.4 cm³/mol. The van der Waals surface area contributed by atoms with Gasteiger partial charge in [-0.2, -0.15) is 0 Å². The molecule has 0 radical (unpaired) electrons. The molecule has 0 N–H and O–H groups in total. The molecular formula is C15H20O2. The van der Waals surface area contributed by atoms with Crippen molar-refractivity contribution in [2.24, 2.45) is 0 Å². The van der Waals surface area contributed by atoms with Gasteiger partial charge in [0.2, 0.25) is 0 Å². The summed E-state index contributed by atoms with van der Waals surface area (Å²) in [5, 5.41) is 0. The van der Waals surface area contributed by atoms with Gasteiger partial charge in [0.05, 0.1) is 0 Å². The number of Topliss-reactive ketones (excluding diaryl/α,β-unsaturated/α-hetero) is 1. The Bertz CT molecular complexity index is 400. The van der Waals surface area contributed by atoms with Crippen LogP contribution in [0.2, 0.25) is 0 Å². The molecule has 0 atom stereocenters. The van der Waals surface area contributed by atoms with Gasteiger partial charge in [-0.1, -0.05) is 31.5 Å². The largest absolute Gasteiger partial charge is 0.370 e. The number of carbonyl (C=O) groups excluding carboxylic acids is 1. The molecule has 2 heteroatoms.